The molecule has 2 aromatic heterocycles. The van der Waals surface area contributed by atoms with E-state index in [9.17, 15) is 4.79 Å². The third-order valence-corrected chi connectivity index (χ3v) is 5.62. The Balaban J connectivity index is 1.56. The minimum Gasteiger partial charge on any atom is -0.338 e. The summed E-state index contributed by atoms with van der Waals surface area (Å²) in [7, 11) is 0. The van der Waals surface area contributed by atoms with Gasteiger partial charge in [-0.25, -0.2) is 0 Å². The van der Waals surface area contributed by atoms with Gasteiger partial charge < -0.3 is 4.90 Å². The van der Waals surface area contributed by atoms with Crippen molar-refractivity contribution in [3.8, 4) is 0 Å². The molecular weight excluding hydrogens is 316 g/mol. The molecule has 4 rings (SSSR count). The number of piperidine rings is 1. The van der Waals surface area contributed by atoms with Crippen LogP contribution in [0.3, 0.4) is 0 Å². The smallest absolute Gasteiger partial charge is 0.254 e. The van der Waals surface area contributed by atoms with Crippen molar-refractivity contribution in [2.45, 2.75) is 25.7 Å². The molecule has 1 saturated heterocycles. The number of thiophene rings is 1. The highest BCUT2D eigenvalue weighted by Gasteiger charge is 2.26. The molecule has 122 valence electrons. The number of aryl methyl sites for hydroxylation is 1. The first-order valence-corrected chi connectivity index (χ1v) is 9.28. The number of hydrogen-bond donors (Lipinski definition) is 0. The van der Waals surface area contributed by atoms with Crippen LogP contribution >= 0.6 is 11.3 Å². The zero-order chi connectivity index (χ0) is 16.5. The van der Waals surface area contributed by atoms with Gasteiger partial charge in [-0.1, -0.05) is 24.3 Å². The average molecular weight is 336 g/mol. The molecule has 1 aliphatic heterocycles. The van der Waals surface area contributed by atoms with Crippen LogP contribution in [0.5, 0.6) is 0 Å². The van der Waals surface area contributed by atoms with Crippen LogP contribution in [0.1, 0.15) is 39.7 Å². The van der Waals surface area contributed by atoms with E-state index < -0.39 is 0 Å². The van der Waals surface area contributed by atoms with Gasteiger partial charge in [0.2, 0.25) is 0 Å². The fraction of sp³-hybridized carbons (Fsp3) is 0.300. The Morgan fingerprint density at radius 1 is 1.25 bits per heavy atom. The molecule has 4 heteroatoms. The number of aromatic nitrogens is 1. The van der Waals surface area contributed by atoms with Gasteiger partial charge in [-0.2, -0.15) is 0 Å². The van der Waals surface area contributed by atoms with Crippen LogP contribution < -0.4 is 0 Å². The number of amides is 1. The van der Waals surface area contributed by atoms with Crippen molar-refractivity contribution in [3.05, 3.63) is 64.1 Å². The second kappa shape index (κ2) is 6.36. The Morgan fingerprint density at radius 2 is 2.08 bits per heavy atom. The first kappa shape index (κ1) is 15.3. The predicted molar refractivity (Wildman–Crippen MR) is 98.7 cm³/mol. The average Bonchev–Trinajstić information content (AvgIpc) is 3.07. The molecule has 1 atom stereocenters. The molecule has 1 amide bonds. The summed E-state index contributed by atoms with van der Waals surface area (Å²) in [4.78, 5) is 20.6. The summed E-state index contributed by atoms with van der Waals surface area (Å²) in [6, 6.07) is 12.5. The molecule has 0 spiro atoms. The van der Waals surface area contributed by atoms with E-state index in [0.29, 0.717) is 5.92 Å². The number of hydrogen-bond acceptors (Lipinski definition) is 3. The summed E-state index contributed by atoms with van der Waals surface area (Å²) in [6.07, 6.45) is 4.08. The molecule has 3 heterocycles. The third-order valence-electron chi connectivity index (χ3n) is 4.76. The van der Waals surface area contributed by atoms with Gasteiger partial charge in [0, 0.05) is 46.5 Å². The number of rotatable bonds is 2. The molecular formula is C20H20N2OS. The van der Waals surface area contributed by atoms with E-state index in [-0.39, 0.29) is 5.91 Å². The topological polar surface area (TPSA) is 33.2 Å². The van der Waals surface area contributed by atoms with Gasteiger partial charge in [0.1, 0.15) is 0 Å². The number of carbonyl (C=O) groups excluding carboxylic acids is 1. The van der Waals surface area contributed by atoms with Crippen LogP contribution in [0.15, 0.2) is 48.0 Å². The number of nitrogens with zero attached hydrogens (tertiary/aromatic N) is 2. The summed E-state index contributed by atoms with van der Waals surface area (Å²) in [6.45, 7) is 3.65. The molecule has 0 saturated carbocycles. The van der Waals surface area contributed by atoms with Gasteiger partial charge in [0.15, 0.2) is 0 Å². The van der Waals surface area contributed by atoms with E-state index in [1.807, 2.05) is 35.5 Å². The van der Waals surface area contributed by atoms with Crippen molar-refractivity contribution < 1.29 is 4.79 Å². The predicted octanol–water partition coefficient (Wildman–Crippen LogP) is 4.62. The molecule has 1 aliphatic rings. The molecule has 1 fully saturated rings. The lowest BCUT2D eigenvalue weighted by Crippen LogP contribution is -2.39. The standard InChI is InChI=1S/C20H20N2OS/c1-14-9-18(13-24-14)20(23)22-8-4-7-17(12-22)19-10-15-5-2-3-6-16(15)11-21-19/h2-3,5-6,9-11,13,17H,4,7-8,12H2,1H3. The van der Waals surface area contributed by atoms with Crippen molar-refractivity contribution >= 4 is 28.0 Å². The lowest BCUT2D eigenvalue weighted by Gasteiger charge is -2.32. The number of carbonyl (C=O) groups is 1. The highest BCUT2D eigenvalue weighted by atomic mass is 32.1. The zero-order valence-electron chi connectivity index (χ0n) is 13.7. The van der Waals surface area contributed by atoms with Crippen LogP contribution in [0, 0.1) is 6.92 Å². The SMILES string of the molecule is Cc1cc(C(=O)N2CCCC(c3cc4ccccc4cn3)C2)cs1. The molecule has 1 aromatic carbocycles. The molecule has 0 radical (unpaired) electrons. The van der Waals surface area contributed by atoms with E-state index in [1.54, 1.807) is 11.3 Å². The molecule has 0 aliphatic carbocycles. The van der Waals surface area contributed by atoms with Gasteiger partial charge in [-0.05, 0) is 37.3 Å². The quantitative estimate of drug-likeness (QED) is 0.684. The lowest BCUT2D eigenvalue weighted by molar-refractivity contribution is 0.0706. The van der Waals surface area contributed by atoms with Crippen LogP contribution in [0.25, 0.3) is 10.8 Å². The molecule has 3 aromatic rings. The summed E-state index contributed by atoms with van der Waals surface area (Å²) in [5.74, 6) is 0.483. The molecule has 0 bridgehead atoms. The number of likely N-dealkylation sites (tertiary alicyclic amines) is 1. The third kappa shape index (κ3) is 2.94. The van der Waals surface area contributed by atoms with Crippen LogP contribution in [0.2, 0.25) is 0 Å². The van der Waals surface area contributed by atoms with Crippen LogP contribution in [-0.2, 0) is 0 Å². The minimum absolute atomic E-state index is 0.157. The number of pyridine rings is 1. The van der Waals surface area contributed by atoms with E-state index in [0.717, 1.165) is 37.2 Å². The van der Waals surface area contributed by atoms with Gasteiger partial charge in [-0.3, -0.25) is 9.78 Å². The maximum absolute atomic E-state index is 12.7. The maximum atomic E-state index is 12.7. The van der Waals surface area contributed by atoms with Crippen LogP contribution in [0.4, 0.5) is 0 Å². The Bertz CT molecular complexity index is 886. The van der Waals surface area contributed by atoms with Crippen molar-refractivity contribution in [2.75, 3.05) is 13.1 Å². The second-order valence-electron chi connectivity index (χ2n) is 6.49. The van der Waals surface area contributed by atoms with Crippen LogP contribution in [-0.4, -0.2) is 28.9 Å². The van der Waals surface area contributed by atoms with Crippen molar-refractivity contribution in [1.29, 1.82) is 0 Å². The van der Waals surface area contributed by atoms with Crippen molar-refractivity contribution in [3.63, 3.8) is 0 Å². The molecule has 24 heavy (non-hydrogen) atoms. The highest BCUT2D eigenvalue weighted by Crippen LogP contribution is 2.29. The van der Waals surface area contributed by atoms with Gasteiger partial charge in [-0.15, -0.1) is 11.3 Å². The Morgan fingerprint density at radius 3 is 2.88 bits per heavy atom. The Kier molecular flexibility index (Phi) is 4.07. The van der Waals surface area contributed by atoms with Gasteiger partial charge in [0.25, 0.3) is 5.91 Å². The molecule has 1 unspecified atom stereocenters. The monoisotopic (exact) mass is 336 g/mol. The minimum atomic E-state index is 0.157. The summed E-state index contributed by atoms with van der Waals surface area (Å²) in [5.41, 5.74) is 1.93. The Hall–Kier alpha value is -2.20. The highest BCUT2D eigenvalue weighted by molar-refractivity contribution is 7.10. The summed E-state index contributed by atoms with van der Waals surface area (Å²) < 4.78 is 0. The molecule has 0 N–H and O–H groups in total. The van der Waals surface area contributed by atoms with Crippen molar-refractivity contribution in [2.24, 2.45) is 0 Å². The molecule has 3 nitrogen and oxygen atoms in total. The van der Waals surface area contributed by atoms with E-state index in [2.05, 4.69) is 29.2 Å². The van der Waals surface area contributed by atoms with E-state index in [4.69, 9.17) is 0 Å². The lowest BCUT2D eigenvalue weighted by atomic mass is 9.93. The second-order valence-corrected chi connectivity index (χ2v) is 7.61. The summed E-state index contributed by atoms with van der Waals surface area (Å²) in [5, 5.41) is 4.35. The van der Waals surface area contributed by atoms with E-state index in [1.165, 1.54) is 15.6 Å². The fourth-order valence-electron chi connectivity index (χ4n) is 3.47. The first-order valence-electron chi connectivity index (χ1n) is 8.40. The Labute approximate surface area is 146 Å². The van der Waals surface area contributed by atoms with Gasteiger partial charge in [0.05, 0.1) is 5.56 Å². The number of fused-ring (bicyclic) bond motifs is 1. The van der Waals surface area contributed by atoms with Crippen molar-refractivity contribution in [1.82, 2.24) is 9.88 Å². The normalized spacial score (nSPS) is 18.0. The van der Waals surface area contributed by atoms with E-state index >= 15 is 0 Å². The zero-order valence-corrected chi connectivity index (χ0v) is 14.6. The first-order chi connectivity index (χ1) is 11.7. The number of benzene rings is 1. The maximum Gasteiger partial charge on any atom is 0.254 e. The summed E-state index contributed by atoms with van der Waals surface area (Å²) >= 11 is 1.64. The largest absolute Gasteiger partial charge is 0.338 e. The van der Waals surface area contributed by atoms with Gasteiger partial charge >= 0.3 is 0 Å². The fourth-order valence-corrected chi connectivity index (χ4v) is 4.14.